The zero-order valence-corrected chi connectivity index (χ0v) is 15.0. The van der Waals surface area contributed by atoms with Gasteiger partial charge in [0.05, 0.1) is 0 Å². The molecule has 132 valence electrons. The number of amides is 2. The maximum absolute atomic E-state index is 11.9. The van der Waals surface area contributed by atoms with Crippen molar-refractivity contribution in [3.8, 4) is 0 Å². The van der Waals surface area contributed by atoms with Crippen LogP contribution in [-0.4, -0.2) is 36.6 Å². The van der Waals surface area contributed by atoms with E-state index in [9.17, 15) is 4.79 Å². The first-order chi connectivity index (χ1) is 11.7. The molecule has 2 fully saturated rings. The van der Waals surface area contributed by atoms with Crippen LogP contribution in [0.5, 0.6) is 0 Å². The van der Waals surface area contributed by atoms with E-state index in [1.807, 2.05) is 24.3 Å². The zero-order chi connectivity index (χ0) is 16.8. The molecule has 1 aromatic rings. The highest BCUT2D eigenvalue weighted by Crippen LogP contribution is 2.27. The second-order valence-corrected chi connectivity index (χ2v) is 7.54. The van der Waals surface area contributed by atoms with Crippen LogP contribution in [0.1, 0.15) is 44.1 Å². The maximum atomic E-state index is 11.9. The third-order valence-corrected chi connectivity index (χ3v) is 5.66. The minimum Gasteiger partial charge on any atom is -0.338 e. The maximum Gasteiger partial charge on any atom is 0.315 e. The first-order valence-corrected chi connectivity index (χ1v) is 9.58. The Kier molecular flexibility index (Phi) is 6.38. The Morgan fingerprint density at radius 2 is 1.71 bits per heavy atom. The lowest BCUT2D eigenvalue weighted by molar-refractivity contribution is 0.133. The Hall–Kier alpha value is -1.26. The largest absolute Gasteiger partial charge is 0.338 e. The summed E-state index contributed by atoms with van der Waals surface area (Å²) < 4.78 is 0. The van der Waals surface area contributed by atoms with Crippen LogP contribution in [0.4, 0.5) is 4.79 Å². The second kappa shape index (κ2) is 8.72. The average Bonchev–Trinajstić information content (AvgIpc) is 3.14. The highest BCUT2D eigenvalue weighted by atomic mass is 35.5. The van der Waals surface area contributed by atoms with Crippen LogP contribution in [0.15, 0.2) is 24.3 Å². The Morgan fingerprint density at radius 1 is 1.04 bits per heavy atom. The van der Waals surface area contributed by atoms with Gasteiger partial charge >= 0.3 is 6.03 Å². The van der Waals surface area contributed by atoms with Crippen molar-refractivity contribution in [1.29, 1.82) is 0 Å². The fraction of sp³-hybridized carbons (Fsp3) is 0.632. The fourth-order valence-corrected chi connectivity index (χ4v) is 4.00. The van der Waals surface area contributed by atoms with Crippen molar-refractivity contribution in [2.75, 3.05) is 19.6 Å². The van der Waals surface area contributed by atoms with Gasteiger partial charge in [-0.05, 0) is 62.4 Å². The molecule has 2 amide bonds. The van der Waals surface area contributed by atoms with Gasteiger partial charge in [0.25, 0.3) is 0 Å². The van der Waals surface area contributed by atoms with Gasteiger partial charge in [0.15, 0.2) is 0 Å². The van der Waals surface area contributed by atoms with Gasteiger partial charge < -0.3 is 15.5 Å². The normalized spacial score (nSPS) is 20.2. The molecule has 0 radical (unpaired) electrons. The Labute approximate surface area is 149 Å². The second-order valence-electron chi connectivity index (χ2n) is 7.11. The molecule has 1 saturated carbocycles. The number of rotatable bonds is 5. The van der Waals surface area contributed by atoms with E-state index in [-0.39, 0.29) is 6.03 Å². The first-order valence-electron chi connectivity index (χ1n) is 9.21. The van der Waals surface area contributed by atoms with Gasteiger partial charge in [-0.2, -0.15) is 0 Å². The van der Waals surface area contributed by atoms with Crippen LogP contribution in [0, 0.1) is 5.92 Å². The number of benzene rings is 1. The highest BCUT2D eigenvalue weighted by Gasteiger charge is 2.27. The topological polar surface area (TPSA) is 44.4 Å². The number of hydrogen-bond donors (Lipinski definition) is 2. The standard InChI is InChI=1S/C19H28ClN3O/c20-17-7-5-15(6-8-17)13-21-19(24)22-14-16-9-11-23(12-10-16)18-3-1-2-4-18/h5-8,16,18H,1-4,9-14H2,(H2,21,22,24). The Bertz CT molecular complexity index is 520. The molecule has 1 saturated heterocycles. The van der Waals surface area contributed by atoms with Crippen LogP contribution < -0.4 is 10.6 Å². The molecule has 4 nitrogen and oxygen atoms in total. The summed E-state index contributed by atoms with van der Waals surface area (Å²) in [6.07, 6.45) is 7.98. The number of likely N-dealkylation sites (tertiary alicyclic amines) is 1. The van der Waals surface area contributed by atoms with E-state index in [1.54, 1.807) is 0 Å². The van der Waals surface area contributed by atoms with E-state index < -0.39 is 0 Å². The van der Waals surface area contributed by atoms with Gasteiger partial charge in [-0.25, -0.2) is 4.79 Å². The van der Waals surface area contributed by atoms with E-state index in [2.05, 4.69) is 15.5 Å². The number of nitrogens with one attached hydrogen (secondary N) is 2. The van der Waals surface area contributed by atoms with Gasteiger partial charge in [0.1, 0.15) is 0 Å². The van der Waals surface area contributed by atoms with Crippen molar-refractivity contribution in [2.24, 2.45) is 5.92 Å². The highest BCUT2D eigenvalue weighted by molar-refractivity contribution is 6.30. The van der Waals surface area contributed by atoms with Crippen molar-refractivity contribution in [2.45, 2.75) is 51.1 Å². The molecular weight excluding hydrogens is 322 g/mol. The molecule has 1 aromatic carbocycles. The summed E-state index contributed by atoms with van der Waals surface area (Å²) in [5.74, 6) is 0.615. The molecule has 1 heterocycles. The minimum absolute atomic E-state index is 0.0804. The lowest BCUT2D eigenvalue weighted by atomic mass is 9.95. The van der Waals surface area contributed by atoms with Crippen molar-refractivity contribution in [3.05, 3.63) is 34.9 Å². The molecule has 2 aliphatic rings. The van der Waals surface area contributed by atoms with Gasteiger partial charge in [-0.3, -0.25) is 0 Å². The summed E-state index contributed by atoms with van der Waals surface area (Å²) in [5, 5.41) is 6.65. The smallest absolute Gasteiger partial charge is 0.315 e. The predicted octanol–water partition coefficient (Wildman–Crippen LogP) is 3.79. The SMILES string of the molecule is O=C(NCc1ccc(Cl)cc1)NCC1CCN(C2CCCC2)CC1. The lowest BCUT2D eigenvalue weighted by Crippen LogP contribution is -2.44. The molecule has 0 atom stereocenters. The Morgan fingerprint density at radius 3 is 2.38 bits per heavy atom. The Balaban J connectivity index is 1.31. The van der Waals surface area contributed by atoms with Crippen LogP contribution in [0.3, 0.4) is 0 Å². The zero-order valence-electron chi connectivity index (χ0n) is 14.3. The molecule has 2 N–H and O–H groups in total. The number of nitrogens with zero attached hydrogens (tertiary/aromatic N) is 1. The number of halogens is 1. The van der Waals surface area contributed by atoms with Crippen molar-refractivity contribution in [1.82, 2.24) is 15.5 Å². The predicted molar refractivity (Wildman–Crippen MR) is 98.2 cm³/mol. The molecular formula is C19H28ClN3O. The summed E-state index contributed by atoms with van der Waals surface area (Å²) >= 11 is 5.86. The van der Waals surface area contributed by atoms with Crippen molar-refractivity contribution >= 4 is 17.6 Å². The van der Waals surface area contributed by atoms with Crippen LogP contribution in [0.2, 0.25) is 5.02 Å². The number of urea groups is 1. The van der Waals surface area contributed by atoms with Crippen molar-refractivity contribution < 1.29 is 4.79 Å². The molecule has 1 aliphatic carbocycles. The first kappa shape index (κ1) is 17.6. The summed E-state index contributed by atoms with van der Waals surface area (Å²) in [6, 6.07) is 8.30. The van der Waals surface area contributed by atoms with Crippen molar-refractivity contribution in [3.63, 3.8) is 0 Å². The van der Waals surface area contributed by atoms with E-state index >= 15 is 0 Å². The number of carbonyl (C=O) groups is 1. The molecule has 3 rings (SSSR count). The third kappa shape index (κ3) is 5.12. The van der Waals surface area contributed by atoms with Crippen LogP contribution in [-0.2, 0) is 6.54 Å². The monoisotopic (exact) mass is 349 g/mol. The van der Waals surface area contributed by atoms with Gasteiger partial charge in [0.2, 0.25) is 0 Å². The van der Waals surface area contributed by atoms with Crippen LogP contribution >= 0.6 is 11.6 Å². The number of hydrogen-bond acceptors (Lipinski definition) is 2. The van der Waals surface area contributed by atoms with Gasteiger partial charge in [-0.1, -0.05) is 36.6 Å². The molecule has 0 unspecified atom stereocenters. The molecule has 24 heavy (non-hydrogen) atoms. The van der Waals surface area contributed by atoms with E-state index in [0.717, 1.165) is 18.2 Å². The molecule has 0 aromatic heterocycles. The lowest BCUT2D eigenvalue weighted by Gasteiger charge is -2.36. The third-order valence-electron chi connectivity index (χ3n) is 5.41. The van der Waals surface area contributed by atoms with Crippen LogP contribution in [0.25, 0.3) is 0 Å². The molecule has 1 aliphatic heterocycles. The summed E-state index contributed by atoms with van der Waals surface area (Å²) in [6.45, 7) is 3.71. The fourth-order valence-electron chi connectivity index (χ4n) is 3.88. The molecule has 5 heteroatoms. The number of carbonyl (C=O) groups excluding carboxylic acids is 1. The van der Waals surface area contributed by atoms with Gasteiger partial charge in [-0.15, -0.1) is 0 Å². The average molecular weight is 350 g/mol. The number of piperidine rings is 1. The molecule has 0 spiro atoms. The van der Waals surface area contributed by atoms with E-state index in [4.69, 9.17) is 11.6 Å². The van der Waals surface area contributed by atoms with Gasteiger partial charge in [0, 0.05) is 24.2 Å². The summed E-state index contributed by atoms with van der Waals surface area (Å²) in [4.78, 5) is 14.6. The van der Waals surface area contributed by atoms with E-state index in [0.29, 0.717) is 17.5 Å². The quantitative estimate of drug-likeness (QED) is 0.849. The minimum atomic E-state index is -0.0804. The summed E-state index contributed by atoms with van der Waals surface area (Å²) in [7, 11) is 0. The molecule has 0 bridgehead atoms. The van der Waals surface area contributed by atoms with E-state index in [1.165, 1.54) is 51.6 Å². The summed E-state index contributed by atoms with van der Waals surface area (Å²) in [5.41, 5.74) is 1.06.